The normalized spacial score (nSPS) is 13.6. The van der Waals surface area contributed by atoms with E-state index in [1.54, 1.807) is 41.3 Å². The van der Waals surface area contributed by atoms with Gasteiger partial charge >= 0.3 is 0 Å². The molecular formula is C21H21FN2O2. The van der Waals surface area contributed by atoms with Gasteiger partial charge in [0.05, 0.1) is 0 Å². The Morgan fingerprint density at radius 3 is 2.46 bits per heavy atom. The van der Waals surface area contributed by atoms with Crippen LogP contribution in [0.3, 0.4) is 0 Å². The Kier molecular flexibility index (Phi) is 5.46. The van der Waals surface area contributed by atoms with E-state index >= 15 is 0 Å². The number of nitrogens with zero attached hydrogens (tertiary/aromatic N) is 1. The zero-order valence-corrected chi connectivity index (χ0v) is 14.6. The van der Waals surface area contributed by atoms with Gasteiger partial charge < -0.3 is 10.2 Å². The van der Waals surface area contributed by atoms with E-state index in [2.05, 4.69) is 5.32 Å². The first kappa shape index (κ1) is 17.9. The summed E-state index contributed by atoms with van der Waals surface area (Å²) in [6, 6.07) is 14.0. The summed E-state index contributed by atoms with van der Waals surface area (Å²) in [6.07, 6.45) is 5.17. The molecule has 2 aromatic rings. The average Bonchev–Trinajstić information content (AvgIpc) is 3.44. The first-order valence-corrected chi connectivity index (χ1v) is 8.62. The molecule has 1 aliphatic rings. The quantitative estimate of drug-likeness (QED) is 0.799. The van der Waals surface area contributed by atoms with Gasteiger partial charge in [-0.05, 0) is 42.7 Å². The molecule has 4 nitrogen and oxygen atoms in total. The molecule has 0 radical (unpaired) electrons. The fourth-order valence-electron chi connectivity index (χ4n) is 2.73. The molecule has 1 aliphatic carbocycles. The summed E-state index contributed by atoms with van der Waals surface area (Å²) in [5.74, 6) is -0.540. The molecule has 1 saturated carbocycles. The monoisotopic (exact) mass is 352 g/mol. The fraction of sp³-hybridized carbons (Fsp3) is 0.238. The van der Waals surface area contributed by atoms with Crippen LogP contribution in [0.15, 0.2) is 54.6 Å². The predicted octanol–water partition coefficient (Wildman–Crippen LogP) is 3.99. The Hall–Kier alpha value is -2.95. The topological polar surface area (TPSA) is 49.4 Å². The van der Waals surface area contributed by atoms with Gasteiger partial charge in [0.25, 0.3) is 0 Å². The van der Waals surface area contributed by atoms with Crippen molar-refractivity contribution in [3.8, 4) is 0 Å². The predicted molar refractivity (Wildman–Crippen MR) is 99.8 cm³/mol. The third-order valence-electron chi connectivity index (χ3n) is 4.22. The summed E-state index contributed by atoms with van der Waals surface area (Å²) < 4.78 is 13.9. The number of halogens is 1. The van der Waals surface area contributed by atoms with Gasteiger partial charge in [0.1, 0.15) is 5.82 Å². The molecule has 134 valence electrons. The van der Waals surface area contributed by atoms with Crippen molar-refractivity contribution in [2.45, 2.75) is 32.4 Å². The molecule has 0 saturated heterocycles. The highest BCUT2D eigenvalue weighted by atomic mass is 19.1. The molecule has 1 N–H and O–H groups in total. The molecular weight excluding hydrogens is 331 g/mol. The van der Waals surface area contributed by atoms with Crippen molar-refractivity contribution in [3.63, 3.8) is 0 Å². The lowest BCUT2D eigenvalue weighted by Gasteiger charge is -2.21. The van der Waals surface area contributed by atoms with Gasteiger partial charge in [-0.25, -0.2) is 4.39 Å². The van der Waals surface area contributed by atoms with E-state index in [0.29, 0.717) is 11.3 Å². The Labute approximate surface area is 152 Å². The van der Waals surface area contributed by atoms with Crippen LogP contribution >= 0.6 is 0 Å². The Morgan fingerprint density at radius 1 is 1.15 bits per heavy atom. The maximum absolute atomic E-state index is 13.9. The molecule has 0 unspecified atom stereocenters. The summed E-state index contributed by atoms with van der Waals surface area (Å²) >= 11 is 0. The Bertz CT molecular complexity index is 826. The summed E-state index contributed by atoms with van der Waals surface area (Å²) in [7, 11) is 0. The number of carbonyl (C=O) groups is 2. The molecule has 1 fully saturated rings. The molecule has 2 aromatic carbocycles. The van der Waals surface area contributed by atoms with E-state index in [1.807, 2.05) is 12.1 Å². The zero-order valence-electron chi connectivity index (χ0n) is 14.6. The average molecular weight is 352 g/mol. The van der Waals surface area contributed by atoms with Gasteiger partial charge in [-0.1, -0.05) is 30.3 Å². The van der Waals surface area contributed by atoms with Crippen LogP contribution in [0.4, 0.5) is 10.1 Å². The number of amides is 2. The fourth-order valence-corrected chi connectivity index (χ4v) is 2.73. The van der Waals surface area contributed by atoms with Crippen LogP contribution in [0.25, 0.3) is 6.08 Å². The second-order valence-electron chi connectivity index (χ2n) is 6.43. The first-order valence-electron chi connectivity index (χ1n) is 8.62. The van der Waals surface area contributed by atoms with Crippen molar-refractivity contribution in [2.24, 2.45) is 0 Å². The molecule has 0 spiro atoms. The zero-order chi connectivity index (χ0) is 18.5. The van der Waals surface area contributed by atoms with Gasteiger partial charge in [0.2, 0.25) is 11.8 Å². The van der Waals surface area contributed by atoms with Gasteiger partial charge in [-0.2, -0.15) is 0 Å². The van der Waals surface area contributed by atoms with Crippen LogP contribution in [0.1, 0.15) is 30.9 Å². The molecule has 0 aromatic heterocycles. The van der Waals surface area contributed by atoms with Gasteiger partial charge in [0.15, 0.2) is 0 Å². The third-order valence-corrected chi connectivity index (χ3v) is 4.22. The van der Waals surface area contributed by atoms with Crippen molar-refractivity contribution < 1.29 is 14.0 Å². The van der Waals surface area contributed by atoms with E-state index in [4.69, 9.17) is 0 Å². The van der Waals surface area contributed by atoms with Crippen molar-refractivity contribution in [2.75, 3.05) is 5.32 Å². The van der Waals surface area contributed by atoms with Crippen molar-refractivity contribution in [1.29, 1.82) is 0 Å². The van der Waals surface area contributed by atoms with Gasteiger partial charge in [0, 0.05) is 36.8 Å². The molecule has 3 rings (SSSR count). The summed E-state index contributed by atoms with van der Waals surface area (Å²) in [6.45, 7) is 1.73. The second-order valence-corrected chi connectivity index (χ2v) is 6.43. The summed E-state index contributed by atoms with van der Waals surface area (Å²) in [5.41, 5.74) is 2.09. The molecule has 5 heteroatoms. The van der Waals surface area contributed by atoms with Gasteiger partial charge in [-0.3, -0.25) is 9.59 Å². The lowest BCUT2D eigenvalue weighted by atomic mass is 10.1. The lowest BCUT2D eigenvalue weighted by Crippen LogP contribution is -2.31. The largest absolute Gasteiger partial charge is 0.332 e. The standard InChI is InChI=1S/C21H21FN2O2/c1-15(25)23-18-9-6-16(7-10-18)8-13-21(26)24(19-11-12-19)14-17-4-2-3-5-20(17)22/h2-10,13,19H,11-12,14H2,1H3,(H,23,25)/b13-8+. The number of benzene rings is 2. The molecule has 0 atom stereocenters. The highest BCUT2D eigenvalue weighted by Crippen LogP contribution is 2.29. The van der Waals surface area contributed by atoms with E-state index in [1.165, 1.54) is 19.1 Å². The number of nitrogens with one attached hydrogen (secondary N) is 1. The van der Waals surface area contributed by atoms with E-state index in [9.17, 15) is 14.0 Å². The second kappa shape index (κ2) is 7.95. The molecule has 0 heterocycles. The smallest absolute Gasteiger partial charge is 0.247 e. The van der Waals surface area contributed by atoms with Gasteiger partial charge in [-0.15, -0.1) is 0 Å². The van der Waals surface area contributed by atoms with Crippen LogP contribution in [-0.2, 0) is 16.1 Å². The Morgan fingerprint density at radius 2 is 1.85 bits per heavy atom. The van der Waals surface area contributed by atoms with Crippen LogP contribution in [0.2, 0.25) is 0 Å². The molecule has 0 bridgehead atoms. The van der Waals surface area contributed by atoms with E-state index in [0.717, 1.165) is 18.4 Å². The minimum absolute atomic E-state index is 0.123. The minimum atomic E-state index is -0.288. The van der Waals surface area contributed by atoms with Crippen molar-refractivity contribution in [3.05, 3.63) is 71.6 Å². The van der Waals surface area contributed by atoms with Crippen LogP contribution in [0.5, 0.6) is 0 Å². The lowest BCUT2D eigenvalue weighted by molar-refractivity contribution is -0.127. The third kappa shape index (κ3) is 4.79. The number of hydrogen-bond acceptors (Lipinski definition) is 2. The highest BCUT2D eigenvalue weighted by molar-refractivity contribution is 5.92. The van der Waals surface area contributed by atoms with Crippen molar-refractivity contribution in [1.82, 2.24) is 4.90 Å². The highest BCUT2D eigenvalue weighted by Gasteiger charge is 2.31. The maximum Gasteiger partial charge on any atom is 0.247 e. The molecule has 2 amide bonds. The Balaban J connectivity index is 1.67. The van der Waals surface area contributed by atoms with E-state index < -0.39 is 0 Å². The summed E-state index contributed by atoms with van der Waals surface area (Å²) in [5, 5.41) is 2.70. The first-order chi connectivity index (χ1) is 12.5. The van der Waals surface area contributed by atoms with Crippen LogP contribution in [0, 0.1) is 5.82 Å². The number of carbonyl (C=O) groups excluding carboxylic acids is 2. The van der Waals surface area contributed by atoms with Crippen LogP contribution < -0.4 is 5.32 Å². The summed E-state index contributed by atoms with van der Waals surface area (Å²) in [4.78, 5) is 25.3. The SMILES string of the molecule is CC(=O)Nc1ccc(/C=C/C(=O)N(Cc2ccccc2F)C2CC2)cc1. The number of hydrogen-bond donors (Lipinski definition) is 1. The number of anilines is 1. The van der Waals surface area contributed by atoms with Crippen LogP contribution in [-0.4, -0.2) is 22.8 Å². The van der Waals surface area contributed by atoms with E-state index in [-0.39, 0.29) is 30.2 Å². The molecule has 26 heavy (non-hydrogen) atoms. The molecule has 0 aliphatic heterocycles. The minimum Gasteiger partial charge on any atom is -0.332 e. The van der Waals surface area contributed by atoms with Crippen molar-refractivity contribution >= 4 is 23.6 Å². The number of rotatable bonds is 6. The maximum atomic E-state index is 13.9.